The Labute approximate surface area is 146 Å². The molecule has 0 aliphatic rings. The van der Waals surface area contributed by atoms with Crippen LogP contribution in [-0.2, 0) is 0 Å². The van der Waals surface area contributed by atoms with Gasteiger partial charge in [-0.2, -0.15) is 0 Å². The molecule has 9 heteroatoms. The summed E-state index contributed by atoms with van der Waals surface area (Å²) < 4.78 is 5.29. The molecule has 0 radical (unpaired) electrons. The van der Waals surface area contributed by atoms with E-state index in [-0.39, 0.29) is 22.9 Å². The van der Waals surface area contributed by atoms with Gasteiger partial charge in [0, 0.05) is 5.54 Å². The first-order valence-electron chi connectivity index (χ1n) is 7.65. The zero-order chi connectivity index (χ0) is 18.6. The number of anilines is 3. The molecular weight excluding hydrogens is 324 g/mol. The van der Waals surface area contributed by atoms with Crippen LogP contribution < -0.4 is 20.9 Å². The number of aromatic nitrogens is 2. The summed E-state index contributed by atoms with van der Waals surface area (Å²) in [5.41, 5.74) is 6.75. The van der Waals surface area contributed by atoms with Gasteiger partial charge in [0.2, 0.25) is 11.6 Å². The number of hydrogen-bond acceptors (Lipinski definition) is 8. The lowest BCUT2D eigenvalue weighted by molar-refractivity contribution is -0.383. The van der Waals surface area contributed by atoms with Crippen molar-refractivity contribution >= 4 is 23.0 Å². The molecule has 0 amide bonds. The quantitative estimate of drug-likeness (QED) is 0.540. The number of hydrazine groups is 1. The Morgan fingerprint density at radius 1 is 1.20 bits per heavy atom. The van der Waals surface area contributed by atoms with Crippen LogP contribution in [0.5, 0.6) is 5.75 Å². The minimum atomic E-state index is -0.530. The minimum absolute atomic E-state index is 0.0714. The van der Waals surface area contributed by atoms with Crippen molar-refractivity contribution in [3.8, 4) is 5.75 Å². The van der Waals surface area contributed by atoms with Gasteiger partial charge in [-0.1, -0.05) is 6.07 Å². The van der Waals surface area contributed by atoms with E-state index in [4.69, 9.17) is 4.74 Å². The van der Waals surface area contributed by atoms with Gasteiger partial charge < -0.3 is 10.1 Å². The summed E-state index contributed by atoms with van der Waals surface area (Å²) in [6, 6.07) is 5.49. The Kier molecular flexibility index (Phi) is 5.38. The number of rotatable bonds is 6. The predicted molar refractivity (Wildman–Crippen MR) is 96.2 cm³/mol. The van der Waals surface area contributed by atoms with Crippen LogP contribution in [0, 0.1) is 17.0 Å². The second-order valence-corrected chi connectivity index (χ2v) is 6.51. The molecule has 0 saturated carbocycles. The number of nitrogens with zero attached hydrogens (tertiary/aromatic N) is 3. The molecule has 2 rings (SSSR count). The Hall–Kier alpha value is -2.94. The zero-order valence-electron chi connectivity index (χ0n) is 14.9. The van der Waals surface area contributed by atoms with E-state index in [1.807, 2.05) is 39.8 Å². The number of aryl methyl sites for hydroxylation is 1. The highest BCUT2D eigenvalue weighted by atomic mass is 16.6. The molecule has 1 aromatic carbocycles. The molecule has 0 atom stereocenters. The van der Waals surface area contributed by atoms with Gasteiger partial charge in [0.1, 0.15) is 12.1 Å². The van der Waals surface area contributed by atoms with Crippen LogP contribution in [0.1, 0.15) is 26.3 Å². The standard InChI is InChI=1S/C16H22N6O3/c1-10-6-7-12(25-5)11(8-10)19-14-13(22(23)24)15(18-9-17-14)20-21-16(2,3)4/h6-9,21H,1-5H3,(H2,17,18,19,20). The molecular formula is C16H22N6O3. The SMILES string of the molecule is COc1ccc(C)cc1Nc1ncnc(NNC(C)(C)C)c1[N+](=O)[O-]. The van der Waals surface area contributed by atoms with Gasteiger partial charge in [-0.3, -0.25) is 15.5 Å². The second-order valence-electron chi connectivity index (χ2n) is 6.51. The van der Waals surface area contributed by atoms with Gasteiger partial charge in [0.05, 0.1) is 17.7 Å². The van der Waals surface area contributed by atoms with Crippen molar-refractivity contribution in [3.05, 3.63) is 40.2 Å². The molecule has 0 aliphatic heterocycles. The van der Waals surface area contributed by atoms with E-state index in [1.165, 1.54) is 13.4 Å². The van der Waals surface area contributed by atoms with Crippen LogP contribution in [0.15, 0.2) is 24.5 Å². The first kappa shape index (κ1) is 18.4. The van der Waals surface area contributed by atoms with Gasteiger partial charge >= 0.3 is 5.69 Å². The Bertz CT molecular complexity index is 773. The van der Waals surface area contributed by atoms with Crippen molar-refractivity contribution in [3.63, 3.8) is 0 Å². The molecule has 3 N–H and O–H groups in total. The van der Waals surface area contributed by atoms with Crippen molar-refractivity contribution in [2.75, 3.05) is 17.9 Å². The van der Waals surface area contributed by atoms with Crippen LogP contribution in [0.4, 0.5) is 23.0 Å². The highest BCUT2D eigenvalue weighted by Gasteiger charge is 2.24. The molecule has 0 aliphatic carbocycles. The van der Waals surface area contributed by atoms with E-state index in [0.29, 0.717) is 11.4 Å². The second kappa shape index (κ2) is 7.31. The van der Waals surface area contributed by atoms with E-state index < -0.39 is 4.92 Å². The third kappa shape index (κ3) is 4.77. The van der Waals surface area contributed by atoms with E-state index in [0.717, 1.165) is 5.56 Å². The maximum absolute atomic E-state index is 11.6. The minimum Gasteiger partial charge on any atom is -0.495 e. The molecule has 1 aromatic heterocycles. The largest absolute Gasteiger partial charge is 0.495 e. The van der Waals surface area contributed by atoms with Crippen molar-refractivity contribution in [1.29, 1.82) is 0 Å². The monoisotopic (exact) mass is 346 g/mol. The normalized spacial score (nSPS) is 11.1. The Morgan fingerprint density at radius 2 is 1.88 bits per heavy atom. The third-order valence-corrected chi connectivity index (χ3v) is 3.17. The number of benzene rings is 1. The summed E-state index contributed by atoms with van der Waals surface area (Å²) in [5.74, 6) is 0.701. The lowest BCUT2D eigenvalue weighted by Gasteiger charge is -2.21. The van der Waals surface area contributed by atoms with Gasteiger partial charge in [0.25, 0.3) is 0 Å². The molecule has 0 fully saturated rings. The Balaban J connectivity index is 2.41. The molecule has 0 unspecified atom stereocenters. The Morgan fingerprint density at radius 3 is 2.48 bits per heavy atom. The molecule has 0 spiro atoms. The maximum atomic E-state index is 11.6. The fraction of sp³-hybridized carbons (Fsp3) is 0.375. The molecule has 9 nitrogen and oxygen atoms in total. The van der Waals surface area contributed by atoms with Gasteiger partial charge in [-0.05, 0) is 45.4 Å². The average Bonchev–Trinajstić information content (AvgIpc) is 2.52. The van der Waals surface area contributed by atoms with Crippen LogP contribution >= 0.6 is 0 Å². The number of ether oxygens (including phenoxy) is 1. The summed E-state index contributed by atoms with van der Waals surface area (Å²) in [7, 11) is 1.53. The van der Waals surface area contributed by atoms with E-state index in [2.05, 4.69) is 26.1 Å². The average molecular weight is 346 g/mol. The van der Waals surface area contributed by atoms with Crippen molar-refractivity contribution in [1.82, 2.24) is 15.4 Å². The van der Waals surface area contributed by atoms with Gasteiger partial charge in [-0.25, -0.2) is 15.4 Å². The van der Waals surface area contributed by atoms with Gasteiger partial charge in [-0.15, -0.1) is 0 Å². The van der Waals surface area contributed by atoms with Crippen LogP contribution in [-0.4, -0.2) is 27.5 Å². The van der Waals surface area contributed by atoms with E-state index >= 15 is 0 Å². The molecule has 25 heavy (non-hydrogen) atoms. The zero-order valence-corrected chi connectivity index (χ0v) is 14.9. The molecule has 0 saturated heterocycles. The number of hydrogen-bond donors (Lipinski definition) is 3. The smallest absolute Gasteiger partial charge is 0.354 e. The van der Waals surface area contributed by atoms with Crippen molar-refractivity contribution < 1.29 is 9.66 Å². The summed E-state index contributed by atoms with van der Waals surface area (Å²) in [6.07, 6.45) is 1.25. The summed E-state index contributed by atoms with van der Waals surface area (Å²) in [4.78, 5) is 19.0. The number of nitro groups is 1. The first-order valence-corrected chi connectivity index (χ1v) is 7.65. The lowest BCUT2D eigenvalue weighted by atomic mass is 10.1. The molecule has 1 heterocycles. The maximum Gasteiger partial charge on any atom is 0.354 e. The predicted octanol–water partition coefficient (Wildman–Crippen LogP) is 3.16. The van der Waals surface area contributed by atoms with Crippen LogP contribution in [0.25, 0.3) is 0 Å². The number of nitrogens with one attached hydrogen (secondary N) is 3. The molecule has 0 bridgehead atoms. The highest BCUT2D eigenvalue weighted by Crippen LogP contribution is 2.34. The van der Waals surface area contributed by atoms with Gasteiger partial charge in [0.15, 0.2) is 0 Å². The summed E-state index contributed by atoms with van der Waals surface area (Å²) >= 11 is 0. The first-order chi connectivity index (χ1) is 11.7. The summed E-state index contributed by atoms with van der Waals surface area (Å²) in [5, 5.41) is 14.5. The van der Waals surface area contributed by atoms with Crippen LogP contribution in [0.2, 0.25) is 0 Å². The number of methoxy groups -OCH3 is 1. The third-order valence-electron chi connectivity index (χ3n) is 3.17. The highest BCUT2D eigenvalue weighted by molar-refractivity contribution is 5.76. The van der Waals surface area contributed by atoms with Crippen molar-refractivity contribution in [2.45, 2.75) is 33.2 Å². The van der Waals surface area contributed by atoms with E-state index in [1.54, 1.807) is 6.07 Å². The summed E-state index contributed by atoms with van der Waals surface area (Å²) in [6.45, 7) is 7.68. The fourth-order valence-corrected chi connectivity index (χ4v) is 2.03. The fourth-order valence-electron chi connectivity index (χ4n) is 2.03. The lowest BCUT2D eigenvalue weighted by Crippen LogP contribution is -2.40. The molecule has 2 aromatic rings. The van der Waals surface area contributed by atoms with Crippen LogP contribution in [0.3, 0.4) is 0 Å². The topological polar surface area (TPSA) is 114 Å². The van der Waals surface area contributed by atoms with Crippen molar-refractivity contribution in [2.24, 2.45) is 0 Å². The molecule has 134 valence electrons. The van der Waals surface area contributed by atoms with E-state index in [9.17, 15) is 10.1 Å².